The van der Waals surface area contributed by atoms with E-state index in [0.29, 0.717) is 24.5 Å². The Morgan fingerprint density at radius 2 is 0.451 bits per heavy atom. The van der Waals surface area contributed by atoms with Gasteiger partial charge >= 0.3 is 0 Å². The molecule has 2 heterocycles. The lowest BCUT2D eigenvalue weighted by atomic mass is 9.91. The summed E-state index contributed by atoms with van der Waals surface area (Å²) in [7, 11) is 0. The molecule has 9 aromatic carbocycles. The largest absolute Gasteiger partial charge is 0.494 e. The minimum absolute atomic E-state index is 0.467. The normalized spacial score (nSPS) is 11.3. The molecule has 0 fully saturated rings. The summed E-state index contributed by atoms with van der Waals surface area (Å²) in [5, 5.41) is 0. The molecule has 0 bridgehead atoms. The first-order valence-electron chi connectivity index (χ1n) is 29.3. The van der Waals surface area contributed by atoms with Gasteiger partial charge in [0.05, 0.1) is 48.8 Å². The van der Waals surface area contributed by atoms with Crippen LogP contribution < -0.4 is 18.9 Å². The van der Waals surface area contributed by atoms with Crippen LogP contribution in [0.4, 0.5) is 0 Å². The van der Waals surface area contributed by atoms with Gasteiger partial charge in [-0.2, -0.15) is 0 Å². The topological polar surface area (TPSA) is 88.5 Å². The van der Waals surface area contributed by atoms with Crippen LogP contribution in [0.25, 0.3) is 112 Å². The quantitative estimate of drug-likeness (QED) is 0.0437. The summed E-state index contributed by atoms with van der Waals surface area (Å²) >= 11 is 0. The van der Waals surface area contributed by atoms with E-state index in [1.807, 2.05) is 24.3 Å². The lowest BCUT2D eigenvalue weighted by molar-refractivity contribution is 0.309. The summed E-state index contributed by atoms with van der Waals surface area (Å²) in [5.41, 5.74) is 18.8. The number of unbranched alkanes of at least 4 members (excludes halogenated alkanes) is 4. The van der Waals surface area contributed by atoms with Crippen LogP contribution in [-0.2, 0) is 0 Å². The lowest BCUT2D eigenvalue weighted by Gasteiger charge is -2.15. The Bertz CT molecular complexity index is 3340. The highest BCUT2D eigenvalue weighted by Crippen LogP contribution is 2.39. The maximum absolute atomic E-state index is 5.97. The van der Waals surface area contributed by atoms with Gasteiger partial charge in [-0.3, -0.25) is 0 Å². The zero-order valence-electron chi connectivity index (χ0n) is 47.5. The van der Waals surface area contributed by atoms with Crippen LogP contribution in [0.1, 0.15) is 79.1 Å². The second-order valence-corrected chi connectivity index (χ2v) is 20.9. The van der Waals surface area contributed by atoms with E-state index in [1.165, 1.54) is 0 Å². The van der Waals surface area contributed by atoms with Crippen LogP contribution in [0, 0.1) is 0 Å². The van der Waals surface area contributed by atoms with Crippen LogP contribution in [0.15, 0.2) is 206 Å². The Morgan fingerprint density at radius 1 is 0.244 bits per heavy atom. The van der Waals surface area contributed by atoms with Crippen LogP contribution >= 0.6 is 0 Å². The molecule has 0 amide bonds. The van der Waals surface area contributed by atoms with Gasteiger partial charge in [0.2, 0.25) is 0 Å². The molecule has 0 spiro atoms. The third-order valence-electron chi connectivity index (χ3n) is 15.0. The van der Waals surface area contributed by atoms with Crippen LogP contribution in [0.5, 0.6) is 23.0 Å². The number of benzene rings is 9. The molecule has 0 saturated carbocycles. The molecule has 0 radical (unpaired) electrons. The average molecular weight is 1080 g/mol. The zero-order chi connectivity index (χ0) is 56.0. The van der Waals surface area contributed by atoms with Crippen molar-refractivity contribution < 1.29 is 18.9 Å². The average Bonchev–Trinajstić information content (AvgIpc) is 3.44. The lowest BCUT2D eigenvalue weighted by Crippen LogP contribution is -2.00. The van der Waals surface area contributed by atoms with Crippen molar-refractivity contribution in [2.75, 3.05) is 26.4 Å². The van der Waals surface area contributed by atoms with Gasteiger partial charge in [-0.05, 0) is 153 Å². The number of fused-ring (bicyclic) bond motifs is 2. The number of ether oxygens (including phenoxy) is 4. The summed E-state index contributed by atoms with van der Waals surface area (Å²) in [6.45, 7) is 11.6. The van der Waals surface area contributed by atoms with E-state index in [0.717, 1.165) is 188 Å². The second-order valence-electron chi connectivity index (χ2n) is 20.9. The van der Waals surface area contributed by atoms with Crippen molar-refractivity contribution in [3.8, 4) is 112 Å². The Morgan fingerprint density at radius 3 is 0.683 bits per heavy atom. The van der Waals surface area contributed by atoms with Crippen LogP contribution in [0.2, 0.25) is 0 Å². The molecule has 8 nitrogen and oxygen atoms in total. The van der Waals surface area contributed by atoms with E-state index in [2.05, 4.69) is 210 Å². The molecule has 0 unspecified atom stereocenters. The number of aromatic nitrogens is 4. The molecule has 410 valence electrons. The molecule has 11 rings (SSSR count). The summed E-state index contributed by atoms with van der Waals surface area (Å²) in [6, 6.07) is 72.4. The fraction of sp³-hybridized carbons (Fsp3) is 0.216. The van der Waals surface area contributed by atoms with Gasteiger partial charge in [0.1, 0.15) is 23.0 Å². The number of hydrogen-bond acceptors (Lipinski definition) is 8. The standard InChI is InChI=1S/C74H70N4O4/c1-5-9-45-79-63-37-29-55(30-38-63)51-13-21-59(22-14-51)67-49-69-70(50-68(67)60-23-15-52(16-24-60)56-31-39-64(40-32-56)80-46-10-6-2)76-74-73(75-69)77-71(61-25-17-53(18-26-61)57-33-41-65(42-34-57)81-47-11-7-3)72(78-74)62-27-19-54(20-28-62)58-35-43-66(44-36-58)82-48-12-8-4/h13-44,49-50H,5-12,45-48H2,1-4H3. The van der Waals surface area contributed by atoms with Gasteiger partial charge in [-0.1, -0.05) is 199 Å². The van der Waals surface area contributed by atoms with E-state index in [4.69, 9.17) is 38.9 Å². The first-order valence-corrected chi connectivity index (χ1v) is 29.3. The monoisotopic (exact) mass is 1080 g/mol. The zero-order valence-corrected chi connectivity index (χ0v) is 47.5. The summed E-state index contributed by atoms with van der Waals surface area (Å²) < 4.78 is 23.9. The molecule has 82 heavy (non-hydrogen) atoms. The number of nitrogens with zero attached hydrogens (tertiary/aromatic N) is 4. The Hall–Kier alpha value is -9.14. The van der Waals surface area contributed by atoms with Crippen molar-refractivity contribution in [1.29, 1.82) is 0 Å². The van der Waals surface area contributed by atoms with Gasteiger partial charge in [0.15, 0.2) is 11.3 Å². The maximum Gasteiger partial charge on any atom is 0.199 e. The van der Waals surface area contributed by atoms with Crippen molar-refractivity contribution in [1.82, 2.24) is 19.9 Å². The predicted octanol–water partition coefficient (Wildman–Crippen LogP) is 19.6. The van der Waals surface area contributed by atoms with E-state index >= 15 is 0 Å². The van der Waals surface area contributed by atoms with E-state index in [9.17, 15) is 0 Å². The fourth-order valence-electron chi connectivity index (χ4n) is 10.1. The molecule has 0 aliphatic carbocycles. The molecule has 0 atom stereocenters. The Kier molecular flexibility index (Phi) is 17.7. The predicted molar refractivity (Wildman–Crippen MR) is 338 cm³/mol. The van der Waals surface area contributed by atoms with E-state index < -0.39 is 0 Å². The van der Waals surface area contributed by atoms with Gasteiger partial charge in [-0.15, -0.1) is 0 Å². The molecule has 8 heteroatoms. The SMILES string of the molecule is CCCCOc1ccc(-c2ccc(-c3cc4nc5nc(-c6ccc(-c7ccc(OCCCC)cc7)cc6)c(-c6ccc(-c7ccc(OCCCC)cc7)cc6)nc5nc4cc3-c3ccc(-c4ccc(OCCCC)cc4)cc3)cc2)cc1. The van der Waals surface area contributed by atoms with Crippen molar-refractivity contribution in [3.63, 3.8) is 0 Å². The first kappa shape index (κ1) is 54.8. The Labute approximate surface area is 482 Å². The van der Waals surface area contributed by atoms with Crippen molar-refractivity contribution in [3.05, 3.63) is 206 Å². The first-order chi connectivity index (χ1) is 40.4. The molecule has 0 aliphatic heterocycles. The van der Waals surface area contributed by atoms with Crippen molar-refractivity contribution in [2.24, 2.45) is 0 Å². The van der Waals surface area contributed by atoms with Crippen molar-refractivity contribution in [2.45, 2.75) is 79.1 Å². The highest BCUT2D eigenvalue weighted by molar-refractivity contribution is 5.97. The summed E-state index contributed by atoms with van der Waals surface area (Å²) in [4.78, 5) is 21.4. The van der Waals surface area contributed by atoms with Gasteiger partial charge in [0, 0.05) is 11.1 Å². The number of hydrogen-bond donors (Lipinski definition) is 0. The highest BCUT2D eigenvalue weighted by Gasteiger charge is 2.19. The van der Waals surface area contributed by atoms with Gasteiger partial charge < -0.3 is 18.9 Å². The molecule has 0 saturated heterocycles. The third-order valence-corrected chi connectivity index (χ3v) is 15.0. The molecular weight excluding hydrogens is 1010 g/mol. The van der Waals surface area contributed by atoms with E-state index in [1.54, 1.807) is 0 Å². The Balaban J connectivity index is 0.984. The minimum Gasteiger partial charge on any atom is -0.494 e. The van der Waals surface area contributed by atoms with Crippen LogP contribution in [-0.4, -0.2) is 46.4 Å². The molecule has 11 aromatic rings. The third kappa shape index (κ3) is 13.0. The smallest absolute Gasteiger partial charge is 0.199 e. The second kappa shape index (κ2) is 26.4. The van der Waals surface area contributed by atoms with Gasteiger partial charge in [0.25, 0.3) is 0 Å². The maximum atomic E-state index is 5.97. The minimum atomic E-state index is 0.467. The van der Waals surface area contributed by atoms with Crippen molar-refractivity contribution >= 4 is 22.3 Å². The summed E-state index contributed by atoms with van der Waals surface area (Å²) in [6.07, 6.45) is 8.53. The molecule has 0 N–H and O–H groups in total. The van der Waals surface area contributed by atoms with Gasteiger partial charge in [-0.25, -0.2) is 19.9 Å². The summed E-state index contributed by atoms with van der Waals surface area (Å²) in [5.74, 6) is 3.54. The van der Waals surface area contributed by atoms with Crippen LogP contribution in [0.3, 0.4) is 0 Å². The molecule has 2 aromatic heterocycles. The highest BCUT2D eigenvalue weighted by atomic mass is 16.5. The van der Waals surface area contributed by atoms with E-state index in [-0.39, 0.29) is 0 Å². The number of rotatable bonds is 24. The fourth-order valence-corrected chi connectivity index (χ4v) is 10.1. The molecule has 0 aliphatic rings. The molecular formula is C74H70N4O4.